The zero-order valence-corrected chi connectivity index (χ0v) is 20.9. The summed E-state index contributed by atoms with van der Waals surface area (Å²) in [6.07, 6.45) is 4.35. The van der Waals surface area contributed by atoms with Crippen LogP contribution in [0.1, 0.15) is 34.5 Å². The summed E-state index contributed by atoms with van der Waals surface area (Å²) >= 11 is 6.10. The van der Waals surface area contributed by atoms with E-state index in [-0.39, 0.29) is 25.0 Å². The summed E-state index contributed by atoms with van der Waals surface area (Å²) in [7, 11) is -3.28. The Balaban J connectivity index is 1.72. The fourth-order valence-electron chi connectivity index (χ4n) is 4.46. The minimum Gasteiger partial charge on any atom is -0.393 e. The molecule has 1 aliphatic heterocycles. The van der Waals surface area contributed by atoms with Crippen LogP contribution < -0.4 is 4.72 Å². The summed E-state index contributed by atoms with van der Waals surface area (Å²) in [6, 6.07) is 9.35. The predicted octanol–water partition coefficient (Wildman–Crippen LogP) is 2.72. The molecule has 3 heterocycles. The number of likely N-dealkylation sites (tertiary alicyclic amines) is 1. The Labute approximate surface area is 204 Å². The highest BCUT2D eigenvalue weighted by Crippen LogP contribution is 2.30. The van der Waals surface area contributed by atoms with Gasteiger partial charge in [-0.1, -0.05) is 11.6 Å². The van der Waals surface area contributed by atoms with Gasteiger partial charge in [-0.2, -0.15) is 0 Å². The number of aromatic nitrogens is 2. The van der Waals surface area contributed by atoms with Gasteiger partial charge in [0.2, 0.25) is 10.0 Å². The highest BCUT2D eigenvalue weighted by Gasteiger charge is 2.25. The molecule has 8 nitrogen and oxygen atoms in total. The van der Waals surface area contributed by atoms with Crippen LogP contribution in [0.4, 0.5) is 0 Å². The number of sulfonamides is 1. The van der Waals surface area contributed by atoms with Crippen molar-refractivity contribution in [2.45, 2.75) is 32.3 Å². The number of aliphatic hydroxyl groups is 1. The second-order valence-corrected chi connectivity index (χ2v) is 11.1. The van der Waals surface area contributed by atoms with E-state index in [1.54, 1.807) is 18.3 Å². The topological polar surface area (TPSA) is 105 Å². The van der Waals surface area contributed by atoms with Crippen LogP contribution in [0.5, 0.6) is 0 Å². The molecular weight excluding hydrogens is 476 g/mol. The average molecular weight is 505 g/mol. The first kappa shape index (κ1) is 24.8. The fraction of sp³-hybridized carbons (Fsp3) is 0.417. The zero-order valence-electron chi connectivity index (χ0n) is 19.3. The third kappa shape index (κ3) is 5.67. The van der Waals surface area contributed by atoms with Crippen molar-refractivity contribution >= 4 is 38.4 Å². The lowest BCUT2D eigenvalue weighted by molar-refractivity contribution is 0.0711. The molecule has 0 spiro atoms. The minimum absolute atomic E-state index is 0.00871. The van der Waals surface area contributed by atoms with Gasteiger partial charge in [0, 0.05) is 42.2 Å². The normalized spacial score (nSPS) is 15.8. The van der Waals surface area contributed by atoms with Crippen LogP contribution in [-0.2, 0) is 16.4 Å². The number of carbonyl (C=O) groups is 1. The van der Waals surface area contributed by atoms with Crippen molar-refractivity contribution in [3.8, 4) is 5.69 Å². The number of benzene rings is 1. The van der Waals surface area contributed by atoms with Crippen molar-refractivity contribution in [1.29, 1.82) is 0 Å². The molecule has 1 saturated heterocycles. The van der Waals surface area contributed by atoms with Crippen LogP contribution in [0.2, 0.25) is 5.02 Å². The number of nitrogens with one attached hydrogen (secondary N) is 1. The van der Waals surface area contributed by atoms with Gasteiger partial charge in [-0.05, 0) is 62.1 Å². The number of Topliss-reactive ketones (excluding diaryl/α,β-unsaturated/α-hetero) is 1. The Hall–Kier alpha value is -2.30. The van der Waals surface area contributed by atoms with E-state index in [2.05, 4.69) is 14.6 Å². The maximum Gasteiger partial charge on any atom is 0.208 e. The Bertz CT molecular complexity index is 1300. The molecule has 0 atom stereocenters. The highest BCUT2D eigenvalue weighted by molar-refractivity contribution is 7.88. The Morgan fingerprint density at radius 2 is 1.91 bits per heavy atom. The number of aliphatic hydroxyl groups excluding tert-OH is 1. The van der Waals surface area contributed by atoms with Crippen molar-refractivity contribution in [3.63, 3.8) is 0 Å². The van der Waals surface area contributed by atoms with Gasteiger partial charge >= 0.3 is 0 Å². The molecule has 2 N–H and O–H groups in total. The Morgan fingerprint density at radius 3 is 2.56 bits per heavy atom. The summed E-state index contributed by atoms with van der Waals surface area (Å²) in [5.41, 5.74) is 4.50. The van der Waals surface area contributed by atoms with Crippen LogP contribution in [0, 0.1) is 6.92 Å². The molecule has 0 bridgehead atoms. The fourth-order valence-corrected chi connectivity index (χ4v) is 5.05. The van der Waals surface area contributed by atoms with Gasteiger partial charge in [0.15, 0.2) is 5.78 Å². The second kappa shape index (κ2) is 10.1. The molecule has 0 radical (unpaired) electrons. The van der Waals surface area contributed by atoms with Crippen molar-refractivity contribution in [3.05, 3.63) is 58.4 Å². The van der Waals surface area contributed by atoms with Crippen LogP contribution in [0.15, 0.2) is 36.5 Å². The monoisotopic (exact) mass is 504 g/mol. The molecule has 0 aliphatic carbocycles. The summed E-state index contributed by atoms with van der Waals surface area (Å²) < 4.78 is 27.3. The number of piperidine rings is 1. The summed E-state index contributed by atoms with van der Waals surface area (Å²) in [5, 5.41) is 10.4. The summed E-state index contributed by atoms with van der Waals surface area (Å²) in [5.74, 6) is -0.00871. The number of hydrogen-bond acceptors (Lipinski definition) is 6. The molecular formula is C24H29ClN4O4S. The molecule has 1 aromatic carbocycles. The zero-order chi connectivity index (χ0) is 24.5. The lowest BCUT2D eigenvalue weighted by atomic mass is 10.1. The van der Waals surface area contributed by atoms with Gasteiger partial charge in [-0.3, -0.25) is 14.7 Å². The average Bonchev–Trinajstić information content (AvgIpc) is 3.06. The standard InChI is InChI=1S/C24H29ClN4O4S/c1-16-23(22(31)15-28-11-8-20(30)9-12-28)24-21(29(16)19-5-3-18(25)4-6-19)13-17(14-26-24)7-10-27-34(2,32)33/h3-6,13-14,20,27,30H,7-12,15H2,1-2H3. The molecule has 0 unspecified atom stereocenters. The molecule has 182 valence electrons. The molecule has 4 rings (SSSR count). The van der Waals surface area contributed by atoms with Gasteiger partial charge in [0.1, 0.15) is 0 Å². The van der Waals surface area contributed by atoms with Crippen LogP contribution in [0.3, 0.4) is 0 Å². The van der Waals surface area contributed by atoms with E-state index < -0.39 is 10.0 Å². The van der Waals surface area contributed by atoms with E-state index in [4.69, 9.17) is 11.6 Å². The van der Waals surface area contributed by atoms with E-state index in [1.165, 1.54) is 0 Å². The molecule has 3 aromatic rings. The maximum absolute atomic E-state index is 13.4. The van der Waals surface area contributed by atoms with Crippen LogP contribution in [0.25, 0.3) is 16.7 Å². The molecule has 2 aromatic heterocycles. The SMILES string of the molecule is Cc1c(C(=O)CN2CCC(O)CC2)c2ncc(CCNS(C)(=O)=O)cc2n1-c1ccc(Cl)cc1. The molecule has 10 heteroatoms. The number of hydrogen-bond donors (Lipinski definition) is 2. The number of fused-ring (bicyclic) bond motifs is 1. The van der Waals surface area contributed by atoms with Crippen molar-refractivity contribution in [1.82, 2.24) is 19.2 Å². The summed E-state index contributed by atoms with van der Waals surface area (Å²) in [6.45, 7) is 3.82. The quantitative estimate of drug-likeness (QED) is 0.457. The van der Waals surface area contributed by atoms with Crippen molar-refractivity contribution in [2.24, 2.45) is 0 Å². The van der Waals surface area contributed by atoms with E-state index >= 15 is 0 Å². The smallest absolute Gasteiger partial charge is 0.208 e. The maximum atomic E-state index is 13.4. The van der Waals surface area contributed by atoms with Crippen LogP contribution in [-0.4, -0.2) is 72.3 Å². The number of ketones is 1. The van der Waals surface area contributed by atoms with Gasteiger partial charge < -0.3 is 9.67 Å². The lowest BCUT2D eigenvalue weighted by Gasteiger charge is -2.28. The molecule has 1 fully saturated rings. The number of pyridine rings is 1. The third-order valence-electron chi connectivity index (χ3n) is 6.17. The van der Waals surface area contributed by atoms with Gasteiger partial charge in [-0.15, -0.1) is 0 Å². The van der Waals surface area contributed by atoms with Crippen molar-refractivity contribution < 1.29 is 18.3 Å². The Kier molecular flexibility index (Phi) is 7.39. The van der Waals surface area contributed by atoms with Crippen molar-refractivity contribution in [2.75, 3.05) is 32.4 Å². The Morgan fingerprint density at radius 1 is 1.24 bits per heavy atom. The number of nitrogens with zero attached hydrogens (tertiary/aromatic N) is 3. The number of rotatable bonds is 8. The number of carbonyl (C=O) groups excluding carboxylic acids is 1. The highest BCUT2D eigenvalue weighted by atomic mass is 35.5. The first-order valence-electron chi connectivity index (χ1n) is 11.3. The first-order valence-corrected chi connectivity index (χ1v) is 13.5. The van der Waals surface area contributed by atoms with Gasteiger partial charge in [0.05, 0.1) is 35.5 Å². The second-order valence-electron chi connectivity index (χ2n) is 8.83. The van der Waals surface area contributed by atoms with E-state index in [0.717, 1.165) is 28.7 Å². The van der Waals surface area contributed by atoms with Crippen LogP contribution >= 0.6 is 11.6 Å². The molecule has 34 heavy (non-hydrogen) atoms. The van der Waals surface area contributed by atoms with Gasteiger partial charge in [0.25, 0.3) is 0 Å². The predicted molar refractivity (Wildman–Crippen MR) is 133 cm³/mol. The summed E-state index contributed by atoms with van der Waals surface area (Å²) in [4.78, 5) is 20.2. The largest absolute Gasteiger partial charge is 0.393 e. The van der Waals surface area contributed by atoms with E-state index in [0.29, 0.717) is 48.5 Å². The molecule has 0 saturated carbocycles. The first-order chi connectivity index (χ1) is 16.1. The lowest BCUT2D eigenvalue weighted by Crippen LogP contribution is -2.39. The van der Waals surface area contributed by atoms with Gasteiger partial charge in [-0.25, -0.2) is 13.1 Å². The van der Waals surface area contributed by atoms with E-state index in [9.17, 15) is 18.3 Å². The van der Waals surface area contributed by atoms with E-state index in [1.807, 2.05) is 29.7 Å². The third-order valence-corrected chi connectivity index (χ3v) is 7.15. The molecule has 0 amide bonds. The molecule has 1 aliphatic rings. The minimum atomic E-state index is -3.28. The number of halogens is 1.